The van der Waals surface area contributed by atoms with Crippen LogP contribution in [0.5, 0.6) is 0 Å². The predicted molar refractivity (Wildman–Crippen MR) is 103 cm³/mol. The molecule has 138 valence electrons. The highest BCUT2D eigenvalue weighted by Gasteiger charge is 2.22. The van der Waals surface area contributed by atoms with Gasteiger partial charge in [0, 0.05) is 44.6 Å². The van der Waals surface area contributed by atoms with Gasteiger partial charge in [-0.25, -0.2) is 15.0 Å². The number of rotatable bonds is 4. The molecular formula is C20H22N6O. The van der Waals surface area contributed by atoms with Crippen LogP contribution in [0.3, 0.4) is 0 Å². The Morgan fingerprint density at radius 1 is 1.07 bits per heavy atom. The van der Waals surface area contributed by atoms with E-state index >= 15 is 0 Å². The average Bonchev–Trinajstić information content (AvgIpc) is 3.23. The fourth-order valence-electron chi connectivity index (χ4n) is 3.34. The highest BCUT2D eigenvalue weighted by Crippen LogP contribution is 2.16. The minimum absolute atomic E-state index is 0.182. The third kappa shape index (κ3) is 3.97. The van der Waals surface area contributed by atoms with Gasteiger partial charge in [0.1, 0.15) is 24.3 Å². The summed E-state index contributed by atoms with van der Waals surface area (Å²) in [4.78, 5) is 29.5. The van der Waals surface area contributed by atoms with Crippen LogP contribution in [0.15, 0.2) is 55.4 Å². The predicted octanol–water partition coefficient (Wildman–Crippen LogP) is 1.86. The summed E-state index contributed by atoms with van der Waals surface area (Å²) in [5.41, 5.74) is 2.26. The number of imidazole rings is 1. The van der Waals surface area contributed by atoms with E-state index in [1.165, 1.54) is 5.56 Å². The van der Waals surface area contributed by atoms with E-state index in [0.29, 0.717) is 19.5 Å². The number of anilines is 1. The van der Waals surface area contributed by atoms with E-state index < -0.39 is 0 Å². The number of amides is 1. The zero-order chi connectivity index (χ0) is 18.6. The van der Waals surface area contributed by atoms with Crippen LogP contribution < -0.4 is 4.90 Å². The molecule has 2 aromatic heterocycles. The number of hydrogen-bond acceptors (Lipinski definition) is 5. The van der Waals surface area contributed by atoms with Gasteiger partial charge in [-0.3, -0.25) is 9.36 Å². The minimum Gasteiger partial charge on any atom is -0.353 e. The normalized spacial score (nSPS) is 14.4. The molecule has 0 saturated carbocycles. The Bertz CT molecular complexity index is 916. The lowest BCUT2D eigenvalue weighted by molar-refractivity contribution is -0.130. The number of benzene rings is 1. The second-order valence-electron chi connectivity index (χ2n) is 6.74. The molecule has 1 aliphatic heterocycles. The van der Waals surface area contributed by atoms with Crippen LogP contribution in [-0.4, -0.2) is 56.5 Å². The topological polar surface area (TPSA) is 67.2 Å². The number of aryl methyl sites for hydroxylation is 1. The first-order chi connectivity index (χ1) is 13.2. The first-order valence-corrected chi connectivity index (χ1v) is 9.08. The quantitative estimate of drug-likeness (QED) is 0.709. The van der Waals surface area contributed by atoms with Gasteiger partial charge in [0.25, 0.3) is 0 Å². The van der Waals surface area contributed by atoms with Crippen molar-refractivity contribution in [1.82, 2.24) is 24.4 Å². The monoisotopic (exact) mass is 362 g/mol. The molecule has 1 amide bonds. The second-order valence-corrected chi connectivity index (χ2v) is 6.74. The van der Waals surface area contributed by atoms with Crippen molar-refractivity contribution in [3.63, 3.8) is 0 Å². The van der Waals surface area contributed by atoms with Crippen molar-refractivity contribution in [1.29, 1.82) is 0 Å². The molecule has 7 heteroatoms. The van der Waals surface area contributed by atoms with Crippen molar-refractivity contribution in [2.24, 2.45) is 0 Å². The summed E-state index contributed by atoms with van der Waals surface area (Å²) >= 11 is 0. The molecule has 0 atom stereocenters. The Kier molecular flexibility index (Phi) is 4.82. The molecule has 0 unspecified atom stereocenters. The summed E-state index contributed by atoms with van der Waals surface area (Å²) in [7, 11) is 0. The first kappa shape index (κ1) is 17.2. The molecule has 4 rings (SSSR count). The maximum absolute atomic E-state index is 12.6. The van der Waals surface area contributed by atoms with Crippen molar-refractivity contribution in [3.8, 4) is 5.82 Å². The number of aromatic nitrogens is 4. The number of piperazine rings is 1. The largest absolute Gasteiger partial charge is 0.353 e. The van der Waals surface area contributed by atoms with Crippen LogP contribution in [0.1, 0.15) is 11.1 Å². The van der Waals surface area contributed by atoms with E-state index in [0.717, 1.165) is 30.3 Å². The second kappa shape index (κ2) is 7.57. The molecule has 3 aromatic rings. The van der Waals surface area contributed by atoms with E-state index in [9.17, 15) is 4.79 Å². The van der Waals surface area contributed by atoms with Gasteiger partial charge in [-0.1, -0.05) is 29.8 Å². The van der Waals surface area contributed by atoms with Crippen molar-refractivity contribution < 1.29 is 4.79 Å². The summed E-state index contributed by atoms with van der Waals surface area (Å²) in [5, 5.41) is 0. The molecule has 1 fully saturated rings. The van der Waals surface area contributed by atoms with Crippen molar-refractivity contribution in [2.45, 2.75) is 13.3 Å². The molecule has 0 aliphatic carbocycles. The summed E-state index contributed by atoms with van der Waals surface area (Å²) < 4.78 is 1.85. The molecule has 27 heavy (non-hydrogen) atoms. The average molecular weight is 362 g/mol. The Morgan fingerprint density at radius 2 is 1.89 bits per heavy atom. The third-order valence-electron chi connectivity index (χ3n) is 4.80. The van der Waals surface area contributed by atoms with E-state index in [4.69, 9.17) is 0 Å². The van der Waals surface area contributed by atoms with Gasteiger partial charge in [0.15, 0.2) is 0 Å². The SMILES string of the molecule is Cc1cccc(CC(=O)N2CCN(c3cc(-n4ccnc4)ncn3)CC2)c1. The fraction of sp³-hybridized carbons (Fsp3) is 0.300. The van der Waals surface area contributed by atoms with E-state index in [1.807, 2.05) is 46.9 Å². The minimum atomic E-state index is 0.182. The molecule has 0 bridgehead atoms. The van der Waals surface area contributed by atoms with Gasteiger partial charge < -0.3 is 9.80 Å². The highest BCUT2D eigenvalue weighted by molar-refractivity contribution is 5.79. The van der Waals surface area contributed by atoms with Crippen molar-refractivity contribution >= 4 is 11.7 Å². The van der Waals surface area contributed by atoms with Gasteiger partial charge in [0.05, 0.1) is 6.42 Å². The van der Waals surface area contributed by atoms with E-state index in [-0.39, 0.29) is 5.91 Å². The molecule has 3 heterocycles. The highest BCUT2D eigenvalue weighted by atomic mass is 16.2. The van der Waals surface area contributed by atoms with Crippen LogP contribution in [0.25, 0.3) is 5.82 Å². The summed E-state index contributed by atoms with van der Waals surface area (Å²) in [5.74, 6) is 1.84. The summed E-state index contributed by atoms with van der Waals surface area (Å²) in [6.07, 6.45) is 7.32. The molecular weight excluding hydrogens is 340 g/mol. The number of carbonyl (C=O) groups is 1. The van der Waals surface area contributed by atoms with Gasteiger partial charge in [-0.2, -0.15) is 0 Å². The van der Waals surface area contributed by atoms with Gasteiger partial charge in [-0.15, -0.1) is 0 Å². The third-order valence-corrected chi connectivity index (χ3v) is 4.80. The lowest BCUT2D eigenvalue weighted by Crippen LogP contribution is -2.49. The zero-order valence-corrected chi connectivity index (χ0v) is 15.3. The Balaban J connectivity index is 1.37. The summed E-state index contributed by atoms with van der Waals surface area (Å²) in [6, 6.07) is 10.1. The van der Waals surface area contributed by atoms with Crippen LogP contribution in [0.4, 0.5) is 5.82 Å². The standard InChI is InChI=1S/C20H22N6O/c1-16-3-2-4-17(11-16)12-20(27)25-9-7-24(8-10-25)18-13-19(23-14-22-18)26-6-5-21-15-26/h2-6,11,13-15H,7-10,12H2,1H3. The Hall–Kier alpha value is -3.22. The van der Waals surface area contributed by atoms with Gasteiger partial charge >= 0.3 is 0 Å². The van der Waals surface area contributed by atoms with Crippen LogP contribution in [-0.2, 0) is 11.2 Å². The zero-order valence-electron chi connectivity index (χ0n) is 15.3. The molecule has 7 nitrogen and oxygen atoms in total. The number of nitrogens with zero attached hydrogens (tertiary/aromatic N) is 6. The lowest BCUT2D eigenvalue weighted by Gasteiger charge is -2.35. The molecule has 1 saturated heterocycles. The van der Waals surface area contributed by atoms with Crippen LogP contribution in [0, 0.1) is 6.92 Å². The Morgan fingerprint density at radius 3 is 2.63 bits per heavy atom. The molecule has 0 radical (unpaired) electrons. The first-order valence-electron chi connectivity index (χ1n) is 9.08. The van der Waals surface area contributed by atoms with Gasteiger partial charge in [0.2, 0.25) is 5.91 Å². The molecule has 0 spiro atoms. The fourth-order valence-corrected chi connectivity index (χ4v) is 3.34. The number of carbonyl (C=O) groups excluding carboxylic acids is 1. The van der Waals surface area contributed by atoms with Crippen LogP contribution >= 0.6 is 0 Å². The smallest absolute Gasteiger partial charge is 0.227 e. The summed E-state index contributed by atoms with van der Waals surface area (Å²) in [6.45, 7) is 4.98. The maximum atomic E-state index is 12.6. The maximum Gasteiger partial charge on any atom is 0.227 e. The molecule has 0 N–H and O–H groups in total. The van der Waals surface area contributed by atoms with E-state index in [2.05, 4.69) is 25.9 Å². The molecule has 1 aliphatic rings. The molecule has 1 aromatic carbocycles. The Labute approximate surface area is 158 Å². The van der Waals surface area contributed by atoms with Crippen molar-refractivity contribution in [2.75, 3.05) is 31.1 Å². The van der Waals surface area contributed by atoms with Gasteiger partial charge in [-0.05, 0) is 12.5 Å². The number of hydrogen-bond donors (Lipinski definition) is 0. The van der Waals surface area contributed by atoms with Crippen LogP contribution in [0.2, 0.25) is 0 Å². The lowest BCUT2D eigenvalue weighted by atomic mass is 10.1. The van der Waals surface area contributed by atoms with E-state index in [1.54, 1.807) is 18.9 Å². The van der Waals surface area contributed by atoms with Crippen molar-refractivity contribution in [3.05, 3.63) is 66.5 Å².